The molecular weight excluding hydrogens is 280 g/mol. The Morgan fingerprint density at radius 1 is 1.29 bits per heavy atom. The average Bonchev–Trinajstić information content (AvgIpc) is 2.87. The van der Waals surface area contributed by atoms with E-state index in [9.17, 15) is 13.6 Å². The molecule has 0 bridgehead atoms. The van der Waals surface area contributed by atoms with E-state index in [1.54, 1.807) is 6.07 Å². The molecule has 1 heterocycles. The van der Waals surface area contributed by atoms with E-state index in [-0.39, 0.29) is 17.6 Å². The zero-order valence-corrected chi connectivity index (χ0v) is 11.6. The molecule has 7 heteroatoms. The van der Waals surface area contributed by atoms with Crippen LogP contribution >= 0.6 is 0 Å². The van der Waals surface area contributed by atoms with Crippen LogP contribution in [0.4, 0.5) is 14.6 Å². The van der Waals surface area contributed by atoms with Crippen LogP contribution in [0.5, 0.6) is 5.75 Å². The molecule has 1 amide bonds. The Bertz CT molecular complexity index is 609. The molecule has 2 aromatic rings. The van der Waals surface area contributed by atoms with E-state index in [1.807, 2.05) is 13.8 Å². The standard InChI is InChI=1S/C14H15F2N3O2/c1-8(2)11-7-12(19-18-11)17-13(20)9-3-5-10(6-4-9)21-14(15)16/h3-8,14H,1-2H3,(H2,17,18,19,20). The van der Waals surface area contributed by atoms with Crippen LogP contribution in [-0.4, -0.2) is 22.7 Å². The molecule has 0 fully saturated rings. The highest BCUT2D eigenvalue weighted by Crippen LogP contribution is 2.17. The SMILES string of the molecule is CC(C)c1cc(NC(=O)c2ccc(OC(F)F)cc2)n[nH]1. The second-order valence-electron chi connectivity index (χ2n) is 4.72. The lowest BCUT2D eigenvalue weighted by Crippen LogP contribution is -2.12. The van der Waals surface area contributed by atoms with Gasteiger partial charge < -0.3 is 10.1 Å². The number of alkyl halides is 2. The smallest absolute Gasteiger partial charge is 0.387 e. The Hall–Kier alpha value is -2.44. The van der Waals surface area contributed by atoms with E-state index in [0.717, 1.165) is 5.69 Å². The highest BCUT2D eigenvalue weighted by Gasteiger charge is 2.11. The van der Waals surface area contributed by atoms with Gasteiger partial charge in [-0.2, -0.15) is 13.9 Å². The highest BCUT2D eigenvalue weighted by atomic mass is 19.3. The van der Waals surface area contributed by atoms with Crippen LogP contribution in [0.3, 0.4) is 0 Å². The summed E-state index contributed by atoms with van der Waals surface area (Å²) in [6.45, 7) is 1.12. The fraction of sp³-hybridized carbons (Fsp3) is 0.286. The number of carbonyl (C=O) groups excluding carboxylic acids is 1. The summed E-state index contributed by atoms with van der Waals surface area (Å²) in [4.78, 5) is 12.0. The first-order valence-corrected chi connectivity index (χ1v) is 6.37. The number of nitrogens with zero attached hydrogens (tertiary/aromatic N) is 1. The van der Waals surface area contributed by atoms with Gasteiger partial charge in [-0.3, -0.25) is 9.89 Å². The minimum atomic E-state index is -2.89. The Morgan fingerprint density at radius 3 is 2.48 bits per heavy atom. The number of amides is 1. The number of nitrogens with one attached hydrogen (secondary N) is 2. The zero-order chi connectivity index (χ0) is 15.4. The molecule has 21 heavy (non-hydrogen) atoms. The lowest BCUT2D eigenvalue weighted by Gasteiger charge is -2.05. The number of aromatic amines is 1. The Kier molecular flexibility index (Phi) is 4.52. The molecule has 0 aliphatic rings. The van der Waals surface area contributed by atoms with Crippen LogP contribution in [0.1, 0.15) is 35.8 Å². The third kappa shape index (κ3) is 4.01. The zero-order valence-electron chi connectivity index (χ0n) is 11.6. The van der Waals surface area contributed by atoms with Crippen molar-refractivity contribution in [1.29, 1.82) is 0 Å². The normalized spacial score (nSPS) is 11.0. The molecule has 1 aromatic carbocycles. The van der Waals surface area contributed by atoms with Crippen LogP contribution in [0.2, 0.25) is 0 Å². The van der Waals surface area contributed by atoms with Gasteiger partial charge in [0.05, 0.1) is 0 Å². The predicted octanol–water partition coefficient (Wildman–Crippen LogP) is 3.39. The van der Waals surface area contributed by atoms with Gasteiger partial charge in [0.15, 0.2) is 5.82 Å². The fourth-order valence-electron chi connectivity index (χ4n) is 1.67. The van der Waals surface area contributed by atoms with Crippen molar-refractivity contribution in [1.82, 2.24) is 10.2 Å². The Morgan fingerprint density at radius 2 is 1.95 bits per heavy atom. The van der Waals surface area contributed by atoms with E-state index in [2.05, 4.69) is 20.3 Å². The van der Waals surface area contributed by atoms with Crippen molar-refractivity contribution in [2.45, 2.75) is 26.4 Å². The summed E-state index contributed by atoms with van der Waals surface area (Å²) in [5.41, 5.74) is 1.23. The summed E-state index contributed by atoms with van der Waals surface area (Å²) in [5.74, 6) is 0.314. The van der Waals surface area contributed by atoms with Crippen LogP contribution < -0.4 is 10.1 Å². The van der Waals surface area contributed by atoms with E-state index in [4.69, 9.17) is 0 Å². The second-order valence-corrected chi connectivity index (χ2v) is 4.72. The number of carbonyl (C=O) groups is 1. The number of halogens is 2. The van der Waals surface area contributed by atoms with E-state index in [0.29, 0.717) is 11.4 Å². The van der Waals surface area contributed by atoms with Crippen molar-refractivity contribution in [2.75, 3.05) is 5.32 Å². The van der Waals surface area contributed by atoms with Crippen LogP contribution in [0.15, 0.2) is 30.3 Å². The number of aromatic nitrogens is 2. The first kappa shape index (κ1) is 15.0. The molecule has 0 aliphatic carbocycles. The van der Waals surface area contributed by atoms with Gasteiger partial charge in [0.1, 0.15) is 5.75 Å². The summed E-state index contributed by atoms with van der Waals surface area (Å²) in [7, 11) is 0. The predicted molar refractivity (Wildman–Crippen MR) is 73.7 cm³/mol. The first-order chi connectivity index (χ1) is 9.95. The number of hydrogen-bond donors (Lipinski definition) is 2. The molecule has 2 rings (SSSR count). The molecule has 0 unspecified atom stereocenters. The van der Waals surface area contributed by atoms with Crippen LogP contribution in [-0.2, 0) is 0 Å². The maximum atomic E-state index is 12.0. The van der Waals surface area contributed by atoms with Gasteiger partial charge in [0.25, 0.3) is 5.91 Å². The monoisotopic (exact) mass is 295 g/mol. The quantitative estimate of drug-likeness (QED) is 0.888. The van der Waals surface area contributed by atoms with Crippen molar-refractivity contribution >= 4 is 11.7 Å². The van der Waals surface area contributed by atoms with Crippen molar-refractivity contribution in [3.05, 3.63) is 41.6 Å². The number of hydrogen-bond acceptors (Lipinski definition) is 3. The molecule has 0 radical (unpaired) electrons. The van der Waals surface area contributed by atoms with Crippen molar-refractivity contribution < 1.29 is 18.3 Å². The largest absolute Gasteiger partial charge is 0.435 e. The number of rotatable bonds is 5. The van der Waals surface area contributed by atoms with Crippen LogP contribution in [0.25, 0.3) is 0 Å². The van der Waals surface area contributed by atoms with Gasteiger partial charge in [-0.1, -0.05) is 13.8 Å². The van der Waals surface area contributed by atoms with Crippen molar-refractivity contribution in [3.8, 4) is 5.75 Å². The summed E-state index contributed by atoms with van der Waals surface area (Å²) < 4.78 is 28.3. The van der Waals surface area contributed by atoms with E-state index in [1.165, 1.54) is 24.3 Å². The minimum Gasteiger partial charge on any atom is -0.435 e. The molecule has 0 spiro atoms. The summed E-state index contributed by atoms with van der Waals surface area (Å²) in [6, 6.07) is 7.18. The number of ether oxygens (including phenoxy) is 1. The third-order valence-corrected chi connectivity index (χ3v) is 2.80. The summed E-state index contributed by atoms with van der Waals surface area (Å²) in [6.07, 6.45) is 0. The summed E-state index contributed by atoms with van der Waals surface area (Å²) >= 11 is 0. The molecule has 1 aromatic heterocycles. The molecule has 112 valence electrons. The van der Waals surface area contributed by atoms with E-state index >= 15 is 0 Å². The lowest BCUT2D eigenvalue weighted by atomic mass is 10.1. The lowest BCUT2D eigenvalue weighted by molar-refractivity contribution is -0.0498. The minimum absolute atomic E-state index is 0.00316. The number of anilines is 1. The Balaban J connectivity index is 2.02. The number of benzene rings is 1. The molecule has 0 saturated carbocycles. The molecule has 0 saturated heterocycles. The van der Waals surface area contributed by atoms with Gasteiger partial charge in [-0.25, -0.2) is 0 Å². The van der Waals surface area contributed by atoms with Crippen molar-refractivity contribution in [3.63, 3.8) is 0 Å². The topological polar surface area (TPSA) is 67.0 Å². The van der Waals surface area contributed by atoms with Gasteiger partial charge in [-0.05, 0) is 30.2 Å². The Labute approximate surface area is 120 Å². The molecule has 5 nitrogen and oxygen atoms in total. The average molecular weight is 295 g/mol. The van der Waals surface area contributed by atoms with Gasteiger partial charge >= 0.3 is 6.61 Å². The van der Waals surface area contributed by atoms with Crippen LogP contribution in [0, 0.1) is 0 Å². The van der Waals surface area contributed by atoms with Gasteiger partial charge in [0.2, 0.25) is 0 Å². The molecule has 0 atom stereocenters. The van der Waals surface area contributed by atoms with Crippen molar-refractivity contribution in [2.24, 2.45) is 0 Å². The van der Waals surface area contributed by atoms with Gasteiger partial charge in [-0.15, -0.1) is 0 Å². The summed E-state index contributed by atoms with van der Waals surface area (Å²) in [5, 5.41) is 9.43. The maximum absolute atomic E-state index is 12.0. The van der Waals surface area contributed by atoms with Gasteiger partial charge in [0, 0.05) is 17.3 Å². The fourth-order valence-corrected chi connectivity index (χ4v) is 1.67. The second kappa shape index (κ2) is 6.34. The molecule has 2 N–H and O–H groups in total. The first-order valence-electron chi connectivity index (χ1n) is 6.37. The molecule has 0 aliphatic heterocycles. The third-order valence-electron chi connectivity index (χ3n) is 2.80. The number of H-pyrrole nitrogens is 1. The molecular formula is C14H15F2N3O2. The highest BCUT2D eigenvalue weighted by molar-refractivity contribution is 6.03. The van der Waals surface area contributed by atoms with E-state index < -0.39 is 6.61 Å². The maximum Gasteiger partial charge on any atom is 0.387 e.